The Kier molecular flexibility index (Phi) is 3.76. The molecular formula is C17H10F3N5O. The number of halogens is 3. The second-order valence-corrected chi connectivity index (χ2v) is 5.39. The molecule has 0 spiro atoms. The highest BCUT2D eigenvalue weighted by Gasteiger charge is 2.30. The van der Waals surface area contributed by atoms with Gasteiger partial charge in [0, 0.05) is 11.1 Å². The minimum Gasteiger partial charge on any atom is -0.334 e. The third kappa shape index (κ3) is 3.06. The van der Waals surface area contributed by atoms with Gasteiger partial charge in [0.05, 0.1) is 11.3 Å². The molecule has 26 heavy (non-hydrogen) atoms. The average molecular weight is 357 g/mol. The molecule has 0 amide bonds. The predicted octanol–water partition coefficient (Wildman–Crippen LogP) is 4.00. The smallest absolute Gasteiger partial charge is 0.334 e. The van der Waals surface area contributed by atoms with E-state index in [-0.39, 0.29) is 17.3 Å². The maximum atomic E-state index is 12.8. The van der Waals surface area contributed by atoms with Gasteiger partial charge in [-0.25, -0.2) is 9.67 Å². The zero-order valence-electron chi connectivity index (χ0n) is 13.1. The Labute approximate surface area is 144 Å². The molecule has 2 aromatic carbocycles. The number of hydrogen-bond donors (Lipinski definition) is 0. The quantitative estimate of drug-likeness (QED) is 0.554. The van der Waals surface area contributed by atoms with Crippen LogP contribution in [0, 0.1) is 0 Å². The molecule has 0 unspecified atom stereocenters. The monoisotopic (exact) mass is 357 g/mol. The molecule has 0 radical (unpaired) electrons. The topological polar surface area (TPSA) is 69.6 Å². The van der Waals surface area contributed by atoms with E-state index >= 15 is 0 Å². The minimum absolute atomic E-state index is 0.0893. The molecule has 2 aromatic heterocycles. The Balaban J connectivity index is 1.62. The molecule has 4 aromatic rings. The van der Waals surface area contributed by atoms with Crippen LogP contribution in [-0.2, 0) is 6.18 Å². The summed E-state index contributed by atoms with van der Waals surface area (Å²) in [6, 6.07) is 11.9. The van der Waals surface area contributed by atoms with Crippen molar-refractivity contribution in [3.8, 4) is 28.5 Å². The number of nitrogens with zero attached hydrogens (tertiary/aromatic N) is 5. The summed E-state index contributed by atoms with van der Waals surface area (Å²) < 4.78 is 45.3. The highest BCUT2D eigenvalue weighted by atomic mass is 19.4. The van der Waals surface area contributed by atoms with Gasteiger partial charge in [-0.1, -0.05) is 17.3 Å². The van der Waals surface area contributed by atoms with Crippen LogP contribution in [0.15, 0.2) is 65.7 Å². The number of aromatic nitrogens is 5. The summed E-state index contributed by atoms with van der Waals surface area (Å²) in [7, 11) is 0. The molecule has 9 heteroatoms. The fourth-order valence-corrected chi connectivity index (χ4v) is 2.39. The molecule has 6 nitrogen and oxygen atoms in total. The third-order valence-electron chi connectivity index (χ3n) is 3.67. The van der Waals surface area contributed by atoms with Crippen molar-refractivity contribution in [2.45, 2.75) is 6.18 Å². The lowest BCUT2D eigenvalue weighted by Gasteiger charge is -2.06. The van der Waals surface area contributed by atoms with E-state index in [4.69, 9.17) is 4.52 Å². The van der Waals surface area contributed by atoms with E-state index in [1.54, 1.807) is 35.3 Å². The number of hydrogen-bond acceptors (Lipinski definition) is 5. The van der Waals surface area contributed by atoms with Crippen molar-refractivity contribution in [2.75, 3.05) is 0 Å². The van der Waals surface area contributed by atoms with E-state index in [1.807, 2.05) is 0 Å². The van der Waals surface area contributed by atoms with Crippen LogP contribution < -0.4 is 0 Å². The fourth-order valence-electron chi connectivity index (χ4n) is 2.39. The molecule has 0 aliphatic rings. The molecule has 0 saturated heterocycles. The Bertz CT molecular complexity index is 1020. The van der Waals surface area contributed by atoms with Crippen molar-refractivity contribution in [3.05, 3.63) is 66.7 Å². The van der Waals surface area contributed by atoms with E-state index in [2.05, 4.69) is 20.2 Å². The van der Waals surface area contributed by atoms with Gasteiger partial charge in [-0.3, -0.25) is 0 Å². The summed E-state index contributed by atoms with van der Waals surface area (Å²) in [5, 5.41) is 7.80. The van der Waals surface area contributed by atoms with Gasteiger partial charge in [0.15, 0.2) is 0 Å². The lowest BCUT2D eigenvalue weighted by molar-refractivity contribution is -0.137. The predicted molar refractivity (Wildman–Crippen MR) is 85.1 cm³/mol. The summed E-state index contributed by atoms with van der Waals surface area (Å²) in [5.74, 6) is 0.300. The number of benzene rings is 2. The first-order valence-electron chi connectivity index (χ1n) is 7.47. The SMILES string of the molecule is FC(F)(F)c1cccc(-c2noc(-c3ccc(-n4cncn4)cc3)n2)c1. The van der Waals surface area contributed by atoms with Gasteiger partial charge < -0.3 is 4.52 Å². The molecule has 0 aliphatic heterocycles. The van der Waals surface area contributed by atoms with E-state index in [9.17, 15) is 13.2 Å². The first-order valence-corrected chi connectivity index (χ1v) is 7.47. The molecule has 0 N–H and O–H groups in total. The summed E-state index contributed by atoms with van der Waals surface area (Å²) in [5.41, 5.74) is 0.899. The standard InChI is InChI=1S/C17H10F3N5O/c18-17(19,20)13-3-1-2-12(8-13)15-23-16(26-24-15)11-4-6-14(7-5-11)25-10-21-9-22-25/h1-10H. The van der Waals surface area contributed by atoms with Gasteiger partial charge in [0.2, 0.25) is 5.82 Å². The molecule has 0 atom stereocenters. The van der Waals surface area contributed by atoms with Gasteiger partial charge >= 0.3 is 6.18 Å². The summed E-state index contributed by atoms with van der Waals surface area (Å²) in [4.78, 5) is 8.06. The van der Waals surface area contributed by atoms with Gasteiger partial charge in [0.25, 0.3) is 5.89 Å². The average Bonchev–Trinajstić information content (AvgIpc) is 3.33. The lowest BCUT2D eigenvalue weighted by Crippen LogP contribution is -2.04. The highest BCUT2D eigenvalue weighted by molar-refractivity contribution is 5.61. The van der Waals surface area contributed by atoms with Crippen LogP contribution in [0.25, 0.3) is 28.5 Å². The Morgan fingerprint density at radius 1 is 0.962 bits per heavy atom. The molecule has 0 bridgehead atoms. The van der Waals surface area contributed by atoms with Crippen LogP contribution in [0.2, 0.25) is 0 Å². The van der Waals surface area contributed by atoms with Crippen LogP contribution in [-0.4, -0.2) is 24.9 Å². The van der Waals surface area contributed by atoms with Crippen molar-refractivity contribution in [1.29, 1.82) is 0 Å². The van der Waals surface area contributed by atoms with Gasteiger partial charge in [-0.2, -0.15) is 23.3 Å². The first kappa shape index (κ1) is 16.0. The van der Waals surface area contributed by atoms with Crippen molar-refractivity contribution < 1.29 is 17.7 Å². The van der Waals surface area contributed by atoms with Crippen molar-refractivity contribution in [3.63, 3.8) is 0 Å². The van der Waals surface area contributed by atoms with Crippen molar-refractivity contribution in [2.24, 2.45) is 0 Å². The molecular weight excluding hydrogens is 347 g/mol. The van der Waals surface area contributed by atoms with Gasteiger partial charge in [0.1, 0.15) is 12.7 Å². The van der Waals surface area contributed by atoms with Crippen molar-refractivity contribution >= 4 is 0 Å². The Hall–Kier alpha value is -3.49. The summed E-state index contributed by atoms with van der Waals surface area (Å²) >= 11 is 0. The van der Waals surface area contributed by atoms with Crippen LogP contribution in [0.5, 0.6) is 0 Å². The van der Waals surface area contributed by atoms with E-state index < -0.39 is 11.7 Å². The minimum atomic E-state index is -4.43. The fraction of sp³-hybridized carbons (Fsp3) is 0.0588. The van der Waals surface area contributed by atoms with Gasteiger partial charge in [-0.15, -0.1) is 0 Å². The zero-order valence-corrected chi connectivity index (χ0v) is 13.1. The molecule has 4 rings (SSSR count). The molecule has 0 aliphatic carbocycles. The second-order valence-electron chi connectivity index (χ2n) is 5.39. The number of rotatable bonds is 3. The zero-order chi connectivity index (χ0) is 18.1. The first-order chi connectivity index (χ1) is 12.5. The summed E-state index contributed by atoms with van der Waals surface area (Å²) in [6.45, 7) is 0. The Morgan fingerprint density at radius 2 is 1.77 bits per heavy atom. The van der Waals surface area contributed by atoms with Crippen molar-refractivity contribution in [1.82, 2.24) is 24.9 Å². The van der Waals surface area contributed by atoms with Crippen LogP contribution in [0.1, 0.15) is 5.56 Å². The van der Waals surface area contributed by atoms with Crippen LogP contribution in [0.3, 0.4) is 0 Å². The second kappa shape index (κ2) is 6.10. The highest BCUT2D eigenvalue weighted by Crippen LogP contribution is 2.32. The van der Waals surface area contributed by atoms with E-state index in [0.717, 1.165) is 17.8 Å². The molecule has 2 heterocycles. The van der Waals surface area contributed by atoms with E-state index in [0.29, 0.717) is 5.56 Å². The molecule has 0 fully saturated rings. The maximum absolute atomic E-state index is 12.8. The third-order valence-corrected chi connectivity index (χ3v) is 3.67. The van der Waals surface area contributed by atoms with E-state index in [1.165, 1.54) is 18.5 Å². The normalized spacial score (nSPS) is 11.7. The molecule has 130 valence electrons. The lowest BCUT2D eigenvalue weighted by atomic mass is 10.1. The summed E-state index contributed by atoms with van der Waals surface area (Å²) in [6.07, 6.45) is -1.44. The van der Waals surface area contributed by atoms with Crippen LogP contribution >= 0.6 is 0 Å². The largest absolute Gasteiger partial charge is 0.416 e. The Morgan fingerprint density at radius 3 is 2.46 bits per heavy atom. The van der Waals surface area contributed by atoms with Gasteiger partial charge in [-0.05, 0) is 36.4 Å². The maximum Gasteiger partial charge on any atom is 0.416 e. The number of alkyl halides is 3. The van der Waals surface area contributed by atoms with Crippen LogP contribution in [0.4, 0.5) is 13.2 Å². The molecule has 0 saturated carbocycles.